The van der Waals surface area contributed by atoms with Crippen LogP contribution >= 0.6 is 12.6 Å². The Morgan fingerprint density at radius 2 is 1.75 bits per heavy atom. The third-order valence-corrected chi connectivity index (χ3v) is 0. The maximum absolute atomic E-state index is 7.43. The number of rotatable bonds is 0. The zero-order chi connectivity index (χ0) is 2.71. The first-order valence-corrected chi connectivity index (χ1v) is 1.26. The molecular formula is CH6O2S. The lowest BCUT2D eigenvalue weighted by atomic mass is 11.7. The minimum absolute atomic E-state index is 0. The van der Waals surface area contributed by atoms with Crippen LogP contribution in [0.4, 0.5) is 0 Å². The van der Waals surface area contributed by atoms with Gasteiger partial charge in [-0.1, -0.05) is 0 Å². The molecule has 0 aromatic carbocycles. The number of aliphatic hydroxyl groups excluding tert-OH is 1. The van der Waals surface area contributed by atoms with E-state index in [-0.39, 0.29) is 11.4 Å². The Hall–Kier alpha value is 0.270. The van der Waals surface area contributed by atoms with E-state index in [1.165, 1.54) is 0 Å². The van der Waals surface area contributed by atoms with Gasteiger partial charge >= 0.3 is 0 Å². The Bertz CT molecular complexity index is 6.00. The van der Waals surface area contributed by atoms with Gasteiger partial charge in [-0.05, 0) is 0 Å². The standard InChI is InChI=1S/CH4OS.H2O/c2-1-3;/h2-3H,1H2;1H2. The smallest absolute Gasteiger partial charge is 0.0857 e. The first kappa shape index (κ1) is 8.86. The van der Waals surface area contributed by atoms with Crippen LogP contribution in [-0.2, 0) is 0 Å². The molecule has 0 saturated heterocycles. The SMILES string of the molecule is O.OCS. The molecule has 0 bridgehead atoms. The van der Waals surface area contributed by atoms with E-state index in [0.717, 1.165) is 0 Å². The van der Waals surface area contributed by atoms with Gasteiger partial charge in [0.1, 0.15) is 0 Å². The summed E-state index contributed by atoms with van der Waals surface area (Å²) in [6, 6.07) is 0. The number of hydrogen-bond acceptors (Lipinski definition) is 2. The van der Waals surface area contributed by atoms with Gasteiger partial charge in [0.05, 0.1) is 5.94 Å². The third-order valence-electron chi connectivity index (χ3n) is 0. The Balaban J connectivity index is 0. The highest BCUT2D eigenvalue weighted by atomic mass is 32.1. The Morgan fingerprint density at radius 3 is 1.75 bits per heavy atom. The topological polar surface area (TPSA) is 51.7 Å². The highest BCUT2D eigenvalue weighted by molar-refractivity contribution is 7.80. The molecule has 0 rings (SSSR count). The summed E-state index contributed by atoms with van der Waals surface area (Å²) in [6.07, 6.45) is 0. The molecule has 0 fully saturated rings. The predicted molar refractivity (Wildman–Crippen MR) is 19.7 cm³/mol. The summed E-state index contributed by atoms with van der Waals surface area (Å²) >= 11 is 3.34. The van der Waals surface area contributed by atoms with E-state index in [2.05, 4.69) is 12.6 Å². The molecule has 0 saturated carbocycles. The molecule has 4 heavy (non-hydrogen) atoms. The minimum Gasteiger partial charge on any atom is -0.412 e. The van der Waals surface area contributed by atoms with E-state index in [4.69, 9.17) is 5.11 Å². The highest BCUT2D eigenvalue weighted by Gasteiger charge is 1.34. The molecule has 0 aliphatic carbocycles. The van der Waals surface area contributed by atoms with Gasteiger partial charge in [-0.25, -0.2) is 0 Å². The van der Waals surface area contributed by atoms with Crippen molar-refractivity contribution in [3.63, 3.8) is 0 Å². The molecule has 0 atom stereocenters. The molecule has 0 aliphatic rings. The van der Waals surface area contributed by atoms with Crippen molar-refractivity contribution in [1.82, 2.24) is 0 Å². The molecule has 2 nitrogen and oxygen atoms in total. The van der Waals surface area contributed by atoms with Crippen molar-refractivity contribution in [3.8, 4) is 0 Å². The van der Waals surface area contributed by atoms with E-state index in [1.54, 1.807) is 0 Å². The molecule has 0 spiro atoms. The van der Waals surface area contributed by atoms with Crippen molar-refractivity contribution in [1.29, 1.82) is 0 Å². The third kappa shape index (κ3) is 50.2. The normalized spacial score (nSPS) is 4.50. The van der Waals surface area contributed by atoms with Gasteiger partial charge in [0.15, 0.2) is 0 Å². The maximum atomic E-state index is 7.43. The van der Waals surface area contributed by atoms with Crippen LogP contribution in [0.25, 0.3) is 0 Å². The maximum Gasteiger partial charge on any atom is 0.0857 e. The summed E-state index contributed by atoms with van der Waals surface area (Å²) in [5.41, 5.74) is 0. The van der Waals surface area contributed by atoms with Crippen molar-refractivity contribution >= 4 is 12.6 Å². The van der Waals surface area contributed by atoms with E-state index in [1.807, 2.05) is 0 Å². The van der Waals surface area contributed by atoms with Crippen molar-refractivity contribution in [2.24, 2.45) is 0 Å². The van der Waals surface area contributed by atoms with Crippen LogP contribution < -0.4 is 0 Å². The molecule has 28 valence electrons. The van der Waals surface area contributed by atoms with Gasteiger partial charge in [0, 0.05) is 0 Å². The van der Waals surface area contributed by atoms with Crippen LogP contribution in [0, 0.1) is 0 Å². The van der Waals surface area contributed by atoms with Crippen molar-refractivity contribution in [3.05, 3.63) is 0 Å². The van der Waals surface area contributed by atoms with E-state index < -0.39 is 0 Å². The quantitative estimate of drug-likeness (QED) is 0.287. The second kappa shape index (κ2) is 10.4. The van der Waals surface area contributed by atoms with Gasteiger partial charge in [0.25, 0.3) is 0 Å². The minimum atomic E-state index is -0.0556. The lowest BCUT2D eigenvalue weighted by Gasteiger charge is -1.52. The lowest BCUT2D eigenvalue weighted by molar-refractivity contribution is 0.377. The fourth-order valence-corrected chi connectivity index (χ4v) is 0. The fraction of sp³-hybridized carbons (Fsp3) is 1.00. The molecule has 0 radical (unpaired) electrons. The second-order valence-corrected chi connectivity index (χ2v) is 0.424. The average Bonchev–Trinajstić information content (AvgIpc) is 0.918. The Labute approximate surface area is 30.2 Å². The molecule has 0 aromatic heterocycles. The summed E-state index contributed by atoms with van der Waals surface area (Å²) in [5, 5.41) is 7.43. The first-order valence-electron chi connectivity index (χ1n) is 0.632. The van der Waals surface area contributed by atoms with Crippen LogP contribution in [0.2, 0.25) is 0 Å². The van der Waals surface area contributed by atoms with Gasteiger partial charge in [0.2, 0.25) is 0 Å². The van der Waals surface area contributed by atoms with Gasteiger partial charge in [-0.2, -0.15) is 12.6 Å². The first-order chi connectivity index (χ1) is 1.41. The molecule has 0 aliphatic heterocycles. The largest absolute Gasteiger partial charge is 0.412 e. The monoisotopic (exact) mass is 82.0 g/mol. The number of aliphatic hydroxyl groups is 1. The van der Waals surface area contributed by atoms with E-state index in [9.17, 15) is 0 Å². The molecule has 3 heteroatoms. The predicted octanol–water partition coefficient (Wildman–Crippen LogP) is -0.959. The Kier molecular flexibility index (Phi) is 23.1. The van der Waals surface area contributed by atoms with Crippen LogP contribution in [0.1, 0.15) is 0 Å². The highest BCUT2D eigenvalue weighted by Crippen LogP contribution is 1.51. The summed E-state index contributed by atoms with van der Waals surface area (Å²) in [6.45, 7) is 0. The van der Waals surface area contributed by atoms with Crippen LogP contribution in [-0.4, -0.2) is 16.5 Å². The molecule has 0 unspecified atom stereocenters. The zero-order valence-electron chi connectivity index (χ0n) is 2.10. The van der Waals surface area contributed by atoms with Gasteiger partial charge < -0.3 is 10.6 Å². The molecule has 0 amide bonds. The van der Waals surface area contributed by atoms with Crippen molar-refractivity contribution < 1.29 is 10.6 Å². The summed E-state index contributed by atoms with van der Waals surface area (Å²) < 4.78 is 0. The average molecular weight is 82.1 g/mol. The Morgan fingerprint density at radius 1 is 1.75 bits per heavy atom. The number of hydrogen-bond donors (Lipinski definition) is 2. The van der Waals surface area contributed by atoms with Crippen molar-refractivity contribution in [2.75, 3.05) is 5.94 Å². The lowest BCUT2D eigenvalue weighted by Crippen LogP contribution is -1.50. The summed E-state index contributed by atoms with van der Waals surface area (Å²) in [7, 11) is 0. The van der Waals surface area contributed by atoms with Gasteiger partial charge in [-0.3, -0.25) is 0 Å². The molecule has 3 N–H and O–H groups in total. The molecule has 0 heterocycles. The van der Waals surface area contributed by atoms with E-state index >= 15 is 0 Å². The number of thiol groups is 1. The molecule has 0 aromatic rings. The van der Waals surface area contributed by atoms with Crippen LogP contribution in [0.3, 0.4) is 0 Å². The van der Waals surface area contributed by atoms with Crippen LogP contribution in [0.5, 0.6) is 0 Å². The van der Waals surface area contributed by atoms with Gasteiger partial charge in [-0.15, -0.1) is 0 Å². The summed E-state index contributed by atoms with van der Waals surface area (Å²) in [4.78, 5) is 0. The summed E-state index contributed by atoms with van der Waals surface area (Å²) in [5.74, 6) is -0.0556. The zero-order valence-corrected chi connectivity index (χ0v) is 3.00. The molecular weight excluding hydrogens is 76.1 g/mol. The second-order valence-electron chi connectivity index (χ2n) is 0.141. The van der Waals surface area contributed by atoms with Crippen molar-refractivity contribution in [2.45, 2.75) is 0 Å². The van der Waals surface area contributed by atoms with Crippen LogP contribution in [0.15, 0.2) is 0 Å². The van der Waals surface area contributed by atoms with E-state index in [0.29, 0.717) is 0 Å². The fourth-order valence-electron chi connectivity index (χ4n) is 0.